The summed E-state index contributed by atoms with van der Waals surface area (Å²) in [4.78, 5) is 4.68. The first-order valence-corrected chi connectivity index (χ1v) is 7.42. The SMILES string of the molecule is OCCn1c(NC2CCCNCC2)nc2ccccc21. The van der Waals surface area contributed by atoms with E-state index in [2.05, 4.69) is 26.3 Å². The number of imidazole rings is 1. The van der Waals surface area contributed by atoms with Gasteiger partial charge in [-0.2, -0.15) is 0 Å². The van der Waals surface area contributed by atoms with Crippen molar-refractivity contribution in [3.63, 3.8) is 0 Å². The molecule has 0 bridgehead atoms. The molecule has 5 heteroatoms. The van der Waals surface area contributed by atoms with Gasteiger partial charge in [-0.05, 0) is 44.5 Å². The van der Waals surface area contributed by atoms with Gasteiger partial charge in [0.25, 0.3) is 0 Å². The smallest absolute Gasteiger partial charge is 0.204 e. The first kappa shape index (κ1) is 13.4. The summed E-state index contributed by atoms with van der Waals surface area (Å²) in [6.07, 6.45) is 3.47. The van der Waals surface area contributed by atoms with Gasteiger partial charge >= 0.3 is 0 Å². The normalized spacial score (nSPS) is 19.9. The highest BCUT2D eigenvalue weighted by Gasteiger charge is 2.16. The van der Waals surface area contributed by atoms with E-state index in [0.717, 1.165) is 42.9 Å². The van der Waals surface area contributed by atoms with Crippen LogP contribution >= 0.6 is 0 Å². The Bertz CT molecular complexity index is 558. The van der Waals surface area contributed by atoms with E-state index in [-0.39, 0.29) is 6.61 Å². The van der Waals surface area contributed by atoms with Crippen LogP contribution in [0.2, 0.25) is 0 Å². The summed E-state index contributed by atoms with van der Waals surface area (Å²) in [7, 11) is 0. The molecule has 3 N–H and O–H groups in total. The number of aliphatic hydroxyl groups excluding tert-OH is 1. The summed E-state index contributed by atoms with van der Waals surface area (Å²) in [5, 5.41) is 16.3. The highest BCUT2D eigenvalue weighted by atomic mass is 16.3. The van der Waals surface area contributed by atoms with E-state index in [9.17, 15) is 5.11 Å². The maximum Gasteiger partial charge on any atom is 0.204 e. The molecule has 108 valence electrons. The Morgan fingerprint density at radius 1 is 1.30 bits per heavy atom. The molecule has 1 aliphatic rings. The minimum atomic E-state index is 0.126. The first-order chi connectivity index (χ1) is 9.88. The molecule has 20 heavy (non-hydrogen) atoms. The summed E-state index contributed by atoms with van der Waals surface area (Å²) >= 11 is 0. The van der Waals surface area contributed by atoms with Crippen LogP contribution in [0.5, 0.6) is 0 Å². The number of para-hydroxylation sites is 2. The highest BCUT2D eigenvalue weighted by molar-refractivity contribution is 5.78. The predicted octanol–water partition coefficient (Wildman–Crippen LogP) is 1.58. The third kappa shape index (κ3) is 2.78. The lowest BCUT2D eigenvalue weighted by molar-refractivity contribution is 0.278. The van der Waals surface area contributed by atoms with Crippen LogP contribution in [0, 0.1) is 0 Å². The lowest BCUT2D eigenvalue weighted by atomic mass is 10.1. The van der Waals surface area contributed by atoms with Crippen LogP contribution in [0.25, 0.3) is 11.0 Å². The van der Waals surface area contributed by atoms with Crippen LogP contribution < -0.4 is 10.6 Å². The second-order valence-electron chi connectivity index (χ2n) is 5.32. The molecule has 0 saturated carbocycles. The van der Waals surface area contributed by atoms with Crippen molar-refractivity contribution in [2.75, 3.05) is 25.0 Å². The minimum absolute atomic E-state index is 0.126. The second-order valence-corrected chi connectivity index (χ2v) is 5.32. The van der Waals surface area contributed by atoms with E-state index < -0.39 is 0 Å². The van der Waals surface area contributed by atoms with E-state index in [1.54, 1.807) is 0 Å². The average molecular weight is 274 g/mol. The van der Waals surface area contributed by atoms with Gasteiger partial charge in [0, 0.05) is 12.6 Å². The van der Waals surface area contributed by atoms with Gasteiger partial charge in [0.15, 0.2) is 0 Å². The second kappa shape index (κ2) is 6.24. The monoisotopic (exact) mass is 274 g/mol. The van der Waals surface area contributed by atoms with Crippen molar-refractivity contribution in [1.29, 1.82) is 0 Å². The molecular weight excluding hydrogens is 252 g/mol. The number of anilines is 1. The number of nitrogens with zero attached hydrogens (tertiary/aromatic N) is 2. The number of benzene rings is 1. The van der Waals surface area contributed by atoms with Crippen LogP contribution in [0.15, 0.2) is 24.3 Å². The Kier molecular flexibility index (Phi) is 4.18. The van der Waals surface area contributed by atoms with E-state index in [0.29, 0.717) is 12.6 Å². The minimum Gasteiger partial charge on any atom is -0.395 e. The van der Waals surface area contributed by atoms with Crippen LogP contribution in [-0.2, 0) is 6.54 Å². The number of aliphatic hydroxyl groups is 1. The number of nitrogens with one attached hydrogen (secondary N) is 2. The molecule has 1 saturated heterocycles. The molecule has 1 fully saturated rings. The topological polar surface area (TPSA) is 62.1 Å². The molecule has 1 unspecified atom stereocenters. The maximum absolute atomic E-state index is 9.29. The zero-order valence-electron chi connectivity index (χ0n) is 11.7. The molecule has 5 nitrogen and oxygen atoms in total. The number of rotatable bonds is 4. The van der Waals surface area contributed by atoms with Crippen molar-refractivity contribution in [3.05, 3.63) is 24.3 Å². The van der Waals surface area contributed by atoms with Crippen molar-refractivity contribution in [3.8, 4) is 0 Å². The van der Waals surface area contributed by atoms with Crippen LogP contribution in [0.4, 0.5) is 5.95 Å². The summed E-state index contributed by atoms with van der Waals surface area (Å²) in [6.45, 7) is 2.86. The van der Waals surface area contributed by atoms with Crippen molar-refractivity contribution >= 4 is 17.0 Å². The molecule has 3 rings (SSSR count). The summed E-state index contributed by atoms with van der Waals surface area (Å²) in [6, 6.07) is 8.54. The molecule has 0 spiro atoms. The van der Waals surface area contributed by atoms with Crippen molar-refractivity contribution in [2.45, 2.75) is 31.8 Å². The van der Waals surface area contributed by atoms with Crippen molar-refractivity contribution in [2.24, 2.45) is 0 Å². The molecule has 0 amide bonds. The summed E-state index contributed by atoms with van der Waals surface area (Å²) in [5.74, 6) is 0.882. The standard InChI is InChI=1S/C15H22N4O/c20-11-10-19-14-6-2-1-5-13(14)18-15(19)17-12-4-3-8-16-9-7-12/h1-2,5-6,12,16,20H,3-4,7-11H2,(H,17,18). The Labute approximate surface area is 119 Å². The fourth-order valence-electron chi connectivity index (χ4n) is 2.86. The van der Waals surface area contributed by atoms with Crippen LogP contribution in [0.1, 0.15) is 19.3 Å². The van der Waals surface area contributed by atoms with Crippen LogP contribution in [0.3, 0.4) is 0 Å². The van der Waals surface area contributed by atoms with E-state index in [4.69, 9.17) is 0 Å². The molecule has 2 heterocycles. The Morgan fingerprint density at radius 2 is 2.20 bits per heavy atom. The quantitative estimate of drug-likeness (QED) is 0.792. The van der Waals surface area contributed by atoms with Crippen LogP contribution in [-0.4, -0.2) is 40.4 Å². The van der Waals surface area contributed by atoms with Gasteiger partial charge < -0.3 is 20.3 Å². The van der Waals surface area contributed by atoms with Crippen molar-refractivity contribution < 1.29 is 5.11 Å². The molecule has 1 aliphatic heterocycles. The molecule has 0 aliphatic carbocycles. The van der Waals surface area contributed by atoms with Gasteiger partial charge in [0.05, 0.1) is 17.6 Å². The number of hydrogen-bond acceptors (Lipinski definition) is 4. The summed E-state index contributed by atoms with van der Waals surface area (Å²) < 4.78 is 2.08. The van der Waals surface area contributed by atoms with E-state index >= 15 is 0 Å². The van der Waals surface area contributed by atoms with E-state index in [1.165, 1.54) is 6.42 Å². The molecular formula is C15H22N4O. The zero-order valence-corrected chi connectivity index (χ0v) is 11.7. The van der Waals surface area contributed by atoms with Gasteiger partial charge in [0.1, 0.15) is 0 Å². The maximum atomic E-state index is 9.29. The molecule has 1 aromatic heterocycles. The lowest BCUT2D eigenvalue weighted by Crippen LogP contribution is -2.23. The Hall–Kier alpha value is -1.59. The fourth-order valence-corrected chi connectivity index (χ4v) is 2.86. The number of aromatic nitrogens is 2. The largest absolute Gasteiger partial charge is 0.395 e. The molecule has 0 radical (unpaired) electrons. The van der Waals surface area contributed by atoms with Gasteiger partial charge in [-0.1, -0.05) is 12.1 Å². The van der Waals surface area contributed by atoms with E-state index in [1.807, 2.05) is 18.2 Å². The van der Waals surface area contributed by atoms with Gasteiger partial charge in [-0.3, -0.25) is 0 Å². The van der Waals surface area contributed by atoms with Gasteiger partial charge in [-0.25, -0.2) is 4.98 Å². The highest BCUT2D eigenvalue weighted by Crippen LogP contribution is 2.21. The molecule has 2 aromatic rings. The number of fused-ring (bicyclic) bond motifs is 1. The number of hydrogen-bond donors (Lipinski definition) is 3. The Balaban J connectivity index is 1.87. The van der Waals surface area contributed by atoms with Gasteiger partial charge in [-0.15, -0.1) is 0 Å². The summed E-state index contributed by atoms with van der Waals surface area (Å²) in [5.41, 5.74) is 2.06. The predicted molar refractivity (Wildman–Crippen MR) is 81.0 cm³/mol. The third-order valence-electron chi connectivity index (χ3n) is 3.89. The van der Waals surface area contributed by atoms with Gasteiger partial charge in [0.2, 0.25) is 5.95 Å². The molecule has 1 aromatic carbocycles. The fraction of sp³-hybridized carbons (Fsp3) is 0.533. The lowest BCUT2D eigenvalue weighted by Gasteiger charge is -2.17. The Morgan fingerprint density at radius 3 is 3.10 bits per heavy atom. The average Bonchev–Trinajstić information content (AvgIpc) is 2.64. The van der Waals surface area contributed by atoms with Crippen molar-refractivity contribution in [1.82, 2.24) is 14.9 Å². The zero-order chi connectivity index (χ0) is 13.8. The first-order valence-electron chi connectivity index (χ1n) is 7.42. The third-order valence-corrected chi connectivity index (χ3v) is 3.89. The molecule has 1 atom stereocenters.